The number of fused-ring (bicyclic) bond motifs is 1. The Labute approximate surface area is 184 Å². The van der Waals surface area contributed by atoms with Crippen molar-refractivity contribution in [2.24, 2.45) is 0 Å². The van der Waals surface area contributed by atoms with Gasteiger partial charge in [-0.1, -0.05) is 55.2 Å². The van der Waals surface area contributed by atoms with Gasteiger partial charge < -0.3 is 9.84 Å². The third kappa shape index (κ3) is 5.23. The third-order valence-electron chi connectivity index (χ3n) is 4.57. The largest absolute Gasteiger partial charge is 0.360 e. The smallest absolute Gasteiger partial charge is 0.262 e. The van der Waals surface area contributed by atoms with Gasteiger partial charge in [0.25, 0.3) is 5.56 Å². The summed E-state index contributed by atoms with van der Waals surface area (Å²) < 4.78 is 6.68. The Morgan fingerprint density at radius 3 is 2.77 bits per heavy atom. The molecule has 0 spiro atoms. The first-order valence-electron chi connectivity index (χ1n) is 10.0. The molecule has 0 aliphatic heterocycles. The fourth-order valence-corrected chi connectivity index (χ4v) is 4.40. The molecule has 0 bridgehead atoms. The summed E-state index contributed by atoms with van der Waals surface area (Å²) in [5, 5.41) is 7.77. The van der Waals surface area contributed by atoms with Crippen LogP contribution in [0.15, 0.2) is 38.7 Å². The maximum absolute atomic E-state index is 13.1. The summed E-state index contributed by atoms with van der Waals surface area (Å²) in [6, 6.07) is 6.73. The topological polar surface area (TPSA) is 90.0 Å². The van der Waals surface area contributed by atoms with Crippen LogP contribution < -0.4 is 10.9 Å². The van der Waals surface area contributed by atoms with Crippen LogP contribution in [0.1, 0.15) is 45.3 Å². The van der Waals surface area contributed by atoms with Gasteiger partial charge in [0.05, 0.1) is 16.2 Å². The number of nitrogens with one attached hydrogen (secondary N) is 1. The zero-order chi connectivity index (χ0) is 21.7. The monoisotopic (exact) mass is 448 g/mol. The fraction of sp³-hybridized carbons (Fsp3) is 0.429. The van der Waals surface area contributed by atoms with Crippen LogP contribution >= 0.6 is 23.4 Å². The Bertz CT molecular complexity index is 1100. The first kappa shape index (κ1) is 22.4. The molecule has 0 aliphatic carbocycles. The summed E-state index contributed by atoms with van der Waals surface area (Å²) >= 11 is 7.41. The number of rotatable bonds is 9. The number of aryl methyl sites for hydroxylation is 1. The predicted octanol–water partition coefficient (Wildman–Crippen LogP) is 5.05. The Morgan fingerprint density at radius 2 is 2.10 bits per heavy atom. The summed E-state index contributed by atoms with van der Waals surface area (Å²) in [6.07, 6.45) is 3.26. The van der Waals surface area contributed by atoms with Crippen molar-refractivity contribution in [3.8, 4) is 0 Å². The maximum atomic E-state index is 13.1. The lowest BCUT2D eigenvalue weighted by atomic mass is 10.2. The lowest BCUT2D eigenvalue weighted by Gasteiger charge is -2.18. The average Bonchev–Trinajstić information content (AvgIpc) is 3.12. The molecule has 9 heteroatoms. The number of thioether (sulfide) groups is 1. The van der Waals surface area contributed by atoms with Crippen LogP contribution in [0.5, 0.6) is 0 Å². The number of hydrogen-bond donors (Lipinski definition) is 1. The summed E-state index contributed by atoms with van der Waals surface area (Å²) in [4.78, 5) is 30.7. The predicted molar refractivity (Wildman–Crippen MR) is 120 cm³/mol. The van der Waals surface area contributed by atoms with Crippen LogP contribution in [0.3, 0.4) is 0 Å². The highest BCUT2D eigenvalue weighted by Gasteiger charge is 2.24. The zero-order valence-electron chi connectivity index (χ0n) is 17.3. The maximum Gasteiger partial charge on any atom is 0.262 e. The summed E-state index contributed by atoms with van der Waals surface area (Å²) in [5.41, 5.74) is 0.409. The van der Waals surface area contributed by atoms with Gasteiger partial charge in [-0.15, -0.1) is 0 Å². The van der Waals surface area contributed by atoms with Crippen LogP contribution in [0.25, 0.3) is 10.9 Å². The van der Waals surface area contributed by atoms with Crippen LogP contribution in [-0.2, 0) is 11.3 Å². The molecule has 160 valence electrons. The number of carbonyl (C=O) groups excluding carboxylic acids is 1. The molecule has 7 nitrogen and oxygen atoms in total. The Hall–Kier alpha value is -2.32. The minimum absolute atomic E-state index is 0.122. The fourth-order valence-electron chi connectivity index (χ4n) is 3.08. The van der Waals surface area contributed by atoms with Gasteiger partial charge in [0.1, 0.15) is 5.76 Å². The lowest BCUT2D eigenvalue weighted by Crippen LogP contribution is -2.28. The molecule has 30 heavy (non-hydrogen) atoms. The number of unbranched alkanes of at least 4 members (excludes halogenated alkanes) is 1. The van der Waals surface area contributed by atoms with Gasteiger partial charge in [-0.2, -0.15) is 0 Å². The number of benzene rings is 1. The number of amides is 1. The summed E-state index contributed by atoms with van der Waals surface area (Å²) in [7, 11) is 0. The van der Waals surface area contributed by atoms with Gasteiger partial charge in [0.15, 0.2) is 11.0 Å². The lowest BCUT2D eigenvalue weighted by molar-refractivity contribution is -0.115. The van der Waals surface area contributed by atoms with E-state index in [4.69, 9.17) is 16.1 Å². The van der Waals surface area contributed by atoms with Crippen molar-refractivity contribution in [1.82, 2.24) is 14.7 Å². The van der Waals surface area contributed by atoms with Gasteiger partial charge in [-0.25, -0.2) is 4.98 Å². The first-order valence-corrected chi connectivity index (χ1v) is 11.3. The van der Waals surface area contributed by atoms with Crippen molar-refractivity contribution in [3.05, 3.63) is 45.4 Å². The highest BCUT2D eigenvalue weighted by atomic mass is 35.5. The van der Waals surface area contributed by atoms with Crippen molar-refractivity contribution in [3.63, 3.8) is 0 Å². The summed E-state index contributed by atoms with van der Waals surface area (Å²) in [5.74, 6) is 0.807. The van der Waals surface area contributed by atoms with Gasteiger partial charge >= 0.3 is 0 Å². The second kappa shape index (κ2) is 10.1. The second-order valence-corrected chi connectivity index (χ2v) is 8.68. The van der Waals surface area contributed by atoms with Gasteiger partial charge in [-0.05, 0) is 38.0 Å². The van der Waals surface area contributed by atoms with Gasteiger partial charge in [-0.3, -0.25) is 14.2 Å². The molecule has 1 amide bonds. The summed E-state index contributed by atoms with van der Waals surface area (Å²) in [6.45, 7) is 6.36. The Kier molecular flexibility index (Phi) is 7.55. The van der Waals surface area contributed by atoms with E-state index in [1.54, 1.807) is 35.8 Å². The van der Waals surface area contributed by atoms with E-state index >= 15 is 0 Å². The van der Waals surface area contributed by atoms with E-state index in [2.05, 4.69) is 22.4 Å². The molecule has 0 saturated carbocycles. The van der Waals surface area contributed by atoms with Crippen LogP contribution in [0, 0.1) is 6.92 Å². The van der Waals surface area contributed by atoms with Crippen LogP contribution in [-0.4, -0.2) is 25.9 Å². The number of nitrogens with zero attached hydrogens (tertiary/aromatic N) is 3. The van der Waals surface area contributed by atoms with Crippen LogP contribution in [0.2, 0.25) is 5.02 Å². The second-order valence-electron chi connectivity index (χ2n) is 7.07. The normalized spacial score (nSPS) is 12.3. The number of anilines is 1. The molecule has 1 N–H and O–H groups in total. The molecule has 3 aromatic rings. The number of aromatic nitrogens is 3. The SMILES string of the molecule is CCCCC(Sc1nc2cc(Cl)ccc2c(=O)n1CCC)C(=O)Nc1cc(C)on1. The minimum atomic E-state index is -0.423. The molecule has 3 rings (SSSR count). The van der Waals surface area contributed by atoms with Gasteiger partial charge in [0.2, 0.25) is 5.91 Å². The van der Waals surface area contributed by atoms with E-state index in [-0.39, 0.29) is 11.5 Å². The molecule has 0 radical (unpaired) electrons. The number of hydrogen-bond acceptors (Lipinski definition) is 6. The van der Waals surface area contributed by atoms with Crippen LogP contribution in [0.4, 0.5) is 5.82 Å². The zero-order valence-corrected chi connectivity index (χ0v) is 18.8. The van der Waals surface area contributed by atoms with E-state index in [0.29, 0.717) is 45.6 Å². The molecule has 0 aliphatic rings. The first-order chi connectivity index (χ1) is 14.4. The van der Waals surface area contributed by atoms with E-state index in [1.165, 1.54) is 11.8 Å². The molecular formula is C21H25ClN4O3S. The molecular weight excluding hydrogens is 424 g/mol. The van der Waals surface area contributed by atoms with Crippen molar-refractivity contribution < 1.29 is 9.32 Å². The average molecular weight is 449 g/mol. The minimum Gasteiger partial charge on any atom is -0.360 e. The molecule has 0 fully saturated rings. The van der Waals surface area contributed by atoms with E-state index in [9.17, 15) is 9.59 Å². The van der Waals surface area contributed by atoms with Crippen molar-refractivity contribution in [2.75, 3.05) is 5.32 Å². The molecule has 2 heterocycles. The molecule has 0 saturated heterocycles. The standard InChI is InChI=1S/C21H25ClN4O3S/c1-4-6-7-17(19(27)24-18-11-13(3)29-25-18)30-21-23-16-12-14(22)8-9-15(16)20(28)26(21)10-5-2/h8-9,11-12,17H,4-7,10H2,1-3H3,(H,24,25,27). The molecule has 1 atom stereocenters. The van der Waals surface area contributed by atoms with E-state index in [1.807, 2.05) is 6.92 Å². The molecule has 2 aromatic heterocycles. The Morgan fingerprint density at radius 1 is 1.30 bits per heavy atom. The van der Waals surface area contributed by atoms with E-state index in [0.717, 1.165) is 19.3 Å². The highest BCUT2D eigenvalue weighted by Crippen LogP contribution is 2.28. The van der Waals surface area contributed by atoms with Crippen molar-refractivity contribution in [2.45, 2.75) is 63.4 Å². The molecule has 1 unspecified atom stereocenters. The van der Waals surface area contributed by atoms with Crippen molar-refractivity contribution >= 4 is 46.0 Å². The highest BCUT2D eigenvalue weighted by molar-refractivity contribution is 8.00. The third-order valence-corrected chi connectivity index (χ3v) is 6.06. The van der Waals surface area contributed by atoms with Gasteiger partial charge in [0, 0.05) is 17.6 Å². The number of halogens is 1. The molecule has 1 aromatic carbocycles. The number of carbonyl (C=O) groups is 1. The Balaban J connectivity index is 1.96. The van der Waals surface area contributed by atoms with E-state index < -0.39 is 5.25 Å². The quantitative estimate of drug-likeness (QED) is 0.364. The van der Waals surface area contributed by atoms with Crippen molar-refractivity contribution in [1.29, 1.82) is 0 Å².